The minimum absolute atomic E-state index is 0.00722. The summed E-state index contributed by atoms with van der Waals surface area (Å²) in [6.07, 6.45) is -20.6. The third kappa shape index (κ3) is 9.08. The molecule has 244 valence electrons. The van der Waals surface area contributed by atoms with E-state index in [1.165, 1.54) is 36.4 Å². The Labute approximate surface area is 250 Å². The van der Waals surface area contributed by atoms with Gasteiger partial charge in [0.1, 0.15) is 48.8 Å². The quantitative estimate of drug-likeness (QED) is 0.0616. The van der Waals surface area contributed by atoms with Crippen LogP contribution in [-0.2, 0) is 0 Å². The van der Waals surface area contributed by atoms with Gasteiger partial charge in [-0.2, -0.15) is 0 Å². The van der Waals surface area contributed by atoms with Crippen molar-refractivity contribution in [3.05, 3.63) is 70.8 Å². The van der Waals surface area contributed by atoms with Gasteiger partial charge in [-0.15, -0.1) is 0 Å². The van der Waals surface area contributed by atoms with Gasteiger partial charge in [0, 0.05) is 5.56 Å². The molecule has 2 rings (SSSR count). The van der Waals surface area contributed by atoms with Crippen LogP contribution in [0.25, 0.3) is 12.2 Å². The third-order valence-corrected chi connectivity index (χ3v) is 6.76. The van der Waals surface area contributed by atoms with E-state index in [4.69, 9.17) is 15.3 Å². The molecule has 44 heavy (non-hydrogen) atoms. The second kappa shape index (κ2) is 16.6. The van der Waals surface area contributed by atoms with Crippen molar-refractivity contribution in [2.75, 3.05) is 13.2 Å². The number of carboxylic acid groups (broad SMARTS) is 1. The number of carboxylic acids is 1. The van der Waals surface area contributed by atoms with Crippen LogP contribution < -0.4 is 0 Å². The highest BCUT2D eigenvalue weighted by atomic mass is 16.4. The maximum atomic E-state index is 13.4. The topological polar surface area (TPSA) is 300 Å². The zero-order chi connectivity index (χ0) is 33.3. The Hall–Kier alpha value is -3.36. The summed E-state index contributed by atoms with van der Waals surface area (Å²) in [6.45, 7) is -2.15. The smallest absolute Gasteiger partial charge is 0.335 e. The van der Waals surface area contributed by atoms with E-state index in [2.05, 4.69) is 0 Å². The average molecular weight is 628 g/mol. The first kappa shape index (κ1) is 36.8. The molecule has 0 aliphatic carbocycles. The lowest BCUT2D eigenvalue weighted by molar-refractivity contribution is -0.213. The molecule has 0 aliphatic heterocycles. The van der Waals surface area contributed by atoms with Crippen molar-refractivity contribution in [2.24, 2.45) is 0 Å². The van der Waals surface area contributed by atoms with Crippen molar-refractivity contribution in [1.82, 2.24) is 4.90 Å². The molecule has 13 N–H and O–H groups in total. The fourth-order valence-electron chi connectivity index (χ4n) is 3.97. The molecule has 0 fully saturated rings. The summed E-state index contributed by atoms with van der Waals surface area (Å²) in [4.78, 5) is 24.4. The summed E-state index contributed by atoms with van der Waals surface area (Å²) in [5.41, 5.74) is 0.966. The number of hydrogen-bond acceptors (Lipinski definition) is 14. The Morgan fingerprint density at radius 3 is 1.20 bits per heavy atom. The predicted molar refractivity (Wildman–Crippen MR) is 149 cm³/mol. The molecular weight excluding hydrogens is 590 g/mol. The Morgan fingerprint density at radius 1 is 0.545 bits per heavy atom. The van der Waals surface area contributed by atoms with E-state index in [1.807, 2.05) is 0 Å². The van der Waals surface area contributed by atoms with Crippen LogP contribution in [0.15, 0.2) is 48.5 Å². The monoisotopic (exact) mass is 627 g/mol. The molecule has 0 saturated carbocycles. The van der Waals surface area contributed by atoms with Gasteiger partial charge in [-0.3, -0.25) is 9.69 Å². The summed E-state index contributed by atoms with van der Waals surface area (Å²) in [7, 11) is 0. The van der Waals surface area contributed by atoms with Gasteiger partial charge in [-0.05, 0) is 35.4 Å². The fourth-order valence-corrected chi connectivity index (χ4v) is 3.97. The zero-order valence-electron chi connectivity index (χ0n) is 23.0. The van der Waals surface area contributed by atoms with Crippen LogP contribution in [0.2, 0.25) is 0 Å². The van der Waals surface area contributed by atoms with Crippen LogP contribution in [0.3, 0.4) is 0 Å². The van der Waals surface area contributed by atoms with Crippen LogP contribution in [0.4, 0.5) is 0 Å². The first-order valence-corrected chi connectivity index (χ1v) is 13.1. The maximum Gasteiger partial charge on any atom is 0.335 e. The Bertz CT molecular complexity index is 1190. The van der Waals surface area contributed by atoms with Crippen molar-refractivity contribution in [3.63, 3.8) is 0 Å². The third-order valence-electron chi connectivity index (χ3n) is 6.76. The van der Waals surface area contributed by atoms with Gasteiger partial charge in [-0.1, -0.05) is 36.4 Å². The van der Waals surface area contributed by atoms with Crippen LogP contribution in [0, 0.1) is 0 Å². The number of aliphatic hydroxyl groups excluding tert-OH is 12. The predicted octanol–water partition coefficient (Wildman–Crippen LogP) is -4.49. The number of rotatable bonds is 16. The lowest BCUT2D eigenvalue weighted by Gasteiger charge is -2.40. The molecule has 0 bridgehead atoms. The molecule has 1 amide bonds. The number of carbonyl (C=O) groups excluding carboxylic acids is 1. The molecular formula is C28H37NO15. The van der Waals surface area contributed by atoms with Crippen LogP contribution in [0.5, 0.6) is 0 Å². The highest BCUT2D eigenvalue weighted by Gasteiger charge is 2.45. The van der Waals surface area contributed by atoms with Crippen molar-refractivity contribution in [1.29, 1.82) is 0 Å². The summed E-state index contributed by atoms with van der Waals surface area (Å²) in [5, 5.41) is 129. The summed E-state index contributed by atoms with van der Waals surface area (Å²) in [6, 6.07) is 11.1. The molecule has 0 radical (unpaired) electrons. The van der Waals surface area contributed by atoms with E-state index in [0.29, 0.717) is 11.1 Å². The molecule has 16 nitrogen and oxygen atoms in total. The van der Waals surface area contributed by atoms with Crippen molar-refractivity contribution < 1.29 is 76.0 Å². The summed E-state index contributed by atoms with van der Waals surface area (Å²) in [5.74, 6) is -2.41. The minimum atomic E-state index is -2.66. The number of aromatic carboxylic acids is 1. The molecule has 0 aliphatic rings. The van der Waals surface area contributed by atoms with Gasteiger partial charge < -0.3 is 66.4 Å². The maximum absolute atomic E-state index is 13.4. The second-order valence-electron chi connectivity index (χ2n) is 9.87. The van der Waals surface area contributed by atoms with Crippen molar-refractivity contribution >= 4 is 24.0 Å². The van der Waals surface area contributed by atoms with Crippen LogP contribution in [0.1, 0.15) is 31.8 Å². The van der Waals surface area contributed by atoms with Gasteiger partial charge in [0.05, 0.1) is 18.8 Å². The number of carbonyl (C=O) groups is 2. The number of hydrogen-bond donors (Lipinski definition) is 13. The highest BCUT2D eigenvalue weighted by molar-refractivity contribution is 5.95. The van der Waals surface area contributed by atoms with Gasteiger partial charge in [0.2, 0.25) is 0 Å². The van der Waals surface area contributed by atoms with E-state index < -0.39 is 86.4 Å². The Kier molecular flexibility index (Phi) is 13.9. The van der Waals surface area contributed by atoms with E-state index >= 15 is 0 Å². The van der Waals surface area contributed by atoms with Crippen LogP contribution >= 0.6 is 0 Å². The van der Waals surface area contributed by atoms with Gasteiger partial charge in [-0.25, -0.2) is 4.79 Å². The summed E-state index contributed by atoms with van der Waals surface area (Å²) >= 11 is 0. The van der Waals surface area contributed by atoms with E-state index in [0.717, 1.165) is 0 Å². The second-order valence-corrected chi connectivity index (χ2v) is 9.87. The fraction of sp³-hybridized carbons (Fsp3) is 0.429. The molecule has 2 aromatic carbocycles. The first-order valence-electron chi connectivity index (χ1n) is 13.1. The lowest BCUT2D eigenvalue weighted by Crippen LogP contribution is -2.63. The Balaban J connectivity index is 2.38. The average Bonchev–Trinajstić information content (AvgIpc) is 3.04. The van der Waals surface area contributed by atoms with Gasteiger partial charge >= 0.3 is 5.97 Å². The first-order chi connectivity index (χ1) is 20.7. The van der Waals surface area contributed by atoms with Crippen LogP contribution in [-0.4, -0.2) is 158 Å². The van der Waals surface area contributed by atoms with Gasteiger partial charge in [0.25, 0.3) is 5.91 Å². The van der Waals surface area contributed by atoms with Gasteiger partial charge in [0.15, 0.2) is 12.5 Å². The zero-order valence-corrected chi connectivity index (χ0v) is 23.0. The number of aliphatic hydroxyl groups is 12. The number of benzene rings is 2. The lowest BCUT2D eigenvalue weighted by atomic mass is 9.98. The standard InChI is InChI=1S/C28H37NO15/c30-11-17(32)19(34)21(36)23(38)26(41)29(27(42)24(39)22(37)20(35)18(33)12-31)25(40)15-7-3-13(4-8-15)1-2-14-5-9-16(10-6-14)28(43)44/h1-10,17-24,26-27,30-39,41-42H,11-12H2,(H,43,44)/b2-1-/t17-,18-,19-,20-,21+,22+,23+,24+,26?,27?/m1/s1. The largest absolute Gasteiger partial charge is 0.478 e. The van der Waals surface area contributed by atoms with E-state index in [-0.39, 0.29) is 16.0 Å². The van der Waals surface area contributed by atoms with E-state index in [1.54, 1.807) is 24.3 Å². The molecule has 10 atom stereocenters. The minimum Gasteiger partial charge on any atom is -0.478 e. The molecule has 0 saturated heterocycles. The highest BCUT2D eigenvalue weighted by Crippen LogP contribution is 2.21. The normalized spacial score (nSPS) is 18.8. The molecule has 2 unspecified atom stereocenters. The Morgan fingerprint density at radius 2 is 0.886 bits per heavy atom. The number of amides is 1. The van der Waals surface area contributed by atoms with Crippen molar-refractivity contribution in [2.45, 2.75) is 61.3 Å². The van der Waals surface area contributed by atoms with E-state index in [9.17, 15) is 60.7 Å². The molecule has 2 aromatic rings. The molecule has 0 aromatic heterocycles. The molecule has 16 heteroatoms. The summed E-state index contributed by atoms with van der Waals surface area (Å²) < 4.78 is 0. The SMILES string of the molecule is O=C(O)c1ccc(/C=C\c2ccc(C(=O)N(C(O)[C@@H](O)[C@@H](O)[C@H](O)[C@H](O)CO)C(O)[C@@H](O)[C@@H](O)[C@H](O)[C@H](O)CO)cc2)cc1. The molecule has 0 heterocycles. The van der Waals surface area contributed by atoms with Crippen molar-refractivity contribution in [3.8, 4) is 0 Å². The number of nitrogens with zero attached hydrogens (tertiary/aromatic N) is 1. The molecule has 0 spiro atoms.